The van der Waals surface area contributed by atoms with Gasteiger partial charge >= 0.3 is 0 Å². The van der Waals surface area contributed by atoms with Crippen LogP contribution in [0, 0.1) is 6.92 Å². The molecule has 0 aliphatic rings. The smallest absolute Gasteiger partial charge is 0.240 e. The predicted molar refractivity (Wildman–Crippen MR) is 49.8 cm³/mol. The molecule has 4 N–H and O–H groups in total. The van der Waals surface area contributed by atoms with Crippen molar-refractivity contribution in [1.82, 2.24) is 0 Å². The number of hydrogen-bond donors (Lipinski definition) is 2. The first-order valence-electron chi connectivity index (χ1n) is 3.09. The van der Waals surface area contributed by atoms with Gasteiger partial charge in [0.1, 0.15) is 0 Å². The van der Waals surface area contributed by atoms with Gasteiger partial charge in [0.2, 0.25) is 11.8 Å². The van der Waals surface area contributed by atoms with Gasteiger partial charge in [0, 0.05) is 16.8 Å². The molecule has 1 radical (unpaired) electrons. The molecule has 0 aliphatic carbocycles. The fourth-order valence-electron chi connectivity index (χ4n) is 0. The Balaban J connectivity index is -0.0000000491. The van der Waals surface area contributed by atoms with E-state index in [1.165, 1.54) is 0 Å². The van der Waals surface area contributed by atoms with Gasteiger partial charge in [-0.1, -0.05) is 13.2 Å². The first-order valence-corrected chi connectivity index (χ1v) is 3.09. The number of rotatable bonds is 2. The quantitative estimate of drug-likeness (QED) is 0.522. The zero-order valence-corrected chi connectivity index (χ0v) is 8.62. The monoisotopic (exact) mass is 230 g/mol. The molecule has 2 amide bonds. The van der Waals surface area contributed by atoms with Crippen molar-refractivity contribution < 1.29 is 26.4 Å². The average Bonchev–Trinajstić information content (AvgIpc) is 2.09. The normalized spacial score (nSPS) is 5.38. The molecule has 0 unspecified atom stereocenters. The van der Waals surface area contributed by atoms with Crippen LogP contribution in [-0.4, -0.2) is 11.8 Å². The molecule has 0 aliphatic heterocycles. The molecular weight excluding hydrogens is 215 g/mol. The minimum absolute atomic E-state index is 0. The summed E-state index contributed by atoms with van der Waals surface area (Å²) >= 11 is 0. The van der Waals surface area contributed by atoms with Crippen LogP contribution in [0.5, 0.6) is 0 Å². The maximum Gasteiger partial charge on any atom is 0.240 e. The minimum Gasteiger partial charge on any atom is -0.366 e. The fraction of sp³-hybridized carbons (Fsp3) is 0.125. The van der Waals surface area contributed by atoms with E-state index < -0.39 is 11.8 Å². The molecule has 0 heterocycles. The first-order chi connectivity index (χ1) is 5.54. The largest absolute Gasteiger partial charge is 0.366 e. The van der Waals surface area contributed by atoms with E-state index in [4.69, 9.17) is 0 Å². The van der Waals surface area contributed by atoms with E-state index in [1.54, 1.807) is 6.92 Å². The van der Waals surface area contributed by atoms with Gasteiger partial charge in [-0.25, -0.2) is 0 Å². The van der Waals surface area contributed by atoms with Gasteiger partial charge in [0.05, 0.1) is 0 Å². The SMILES string of the molecule is C=CC(N)=O.C=CC(N)=O.[CH2-]C.[Co]. The summed E-state index contributed by atoms with van der Waals surface area (Å²) in [5.41, 5.74) is 9.07. The Labute approximate surface area is 89.2 Å². The Morgan fingerprint density at radius 2 is 1.15 bits per heavy atom. The van der Waals surface area contributed by atoms with Crippen LogP contribution in [0.2, 0.25) is 0 Å². The second-order valence-corrected chi connectivity index (χ2v) is 1.21. The van der Waals surface area contributed by atoms with Crippen LogP contribution >= 0.6 is 0 Å². The molecular formula is C8H15CoN2O2-. The van der Waals surface area contributed by atoms with Crippen LogP contribution in [0.15, 0.2) is 25.3 Å². The molecule has 0 saturated carbocycles. The summed E-state index contributed by atoms with van der Waals surface area (Å²) in [6.45, 7) is 11.2. The van der Waals surface area contributed by atoms with Crippen LogP contribution in [0.25, 0.3) is 0 Å². The maximum atomic E-state index is 9.47. The molecule has 0 aromatic carbocycles. The van der Waals surface area contributed by atoms with E-state index in [0.29, 0.717) is 0 Å². The summed E-state index contributed by atoms with van der Waals surface area (Å²) in [7, 11) is 0. The van der Waals surface area contributed by atoms with Crippen molar-refractivity contribution in [3.8, 4) is 0 Å². The van der Waals surface area contributed by atoms with Crippen molar-refractivity contribution in [2.45, 2.75) is 6.92 Å². The van der Waals surface area contributed by atoms with E-state index in [9.17, 15) is 9.59 Å². The van der Waals surface area contributed by atoms with E-state index in [0.717, 1.165) is 12.2 Å². The second kappa shape index (κ2) is 22.4. The Morgan fingerprint density at radius 3 is 1.15 bits per heavy atom. The van der Waals surface area contributed by atoms with Gasteiger partial charge in [0.15, 0.2) is 0 Å². The predicted octanol–water partition coefficient (Wildman–Crippen LogP) is 0.153. The van der Waals surface area contributed by atoms with Crippen molar-refractivity contribution in [1.29, 1.82) is 0 Å². The van der Waals surface area contributed by atoms with Gasteiger partial charge < -0.3 is 18.4 Å². The molecule has 0 aromatic rings. The number of hydrogen-bond acceptors (Lipinski definition) is 2. The molecule has 4 nitrogen and oxygen atoms in total. The molecule has 0 fully saturated rings. The van der Waals surface area contributed by atoms with Gasteiger partial charge in [-0.3, -0.25) is 9.59 Å². The molecule has 0 rings (SSSR count). The van der Waals surface area contributed by atoms with Crippen molar-refractivity contribution in [2.75, 3.05) is 0 Å². The second-order valence-electron chi connectivity index (χ2n) is 1.21. The summed E-state index contributed by atoms with van der Waals surface area (Å²) in [6.07, 6.45) is 2.11. The molecule has 0 spiro atoms. The molecule has 5 heteroatoms. The van der Waals surface area contributed by atoms with Crippen molar-refractivity contribution >= 4 is 11.8 Å². The number of amides is 2. The van der Waals surface area contributed by atoms with Crippen LogP contribution in [0.3, 0.4) is 0 Å². The van der Waals surface area contributed by atoms with E-state index in [-0.39, 0.29) is 16.8 Å². The number of carbonyl (C=O) groups excluding carboxylic acids is 2. The topological polar surface area (TPSA) is 86.2 Å². The van der Waals surface area contributed by atoms with E-state index in [1.807, 2.05) is 0 Å². The summed E-state index contributed by atoms with van der Waals surface area (Å²) in [6, 6.07) is 0. The average molecular weight is 230 g/mol. The third-order valence-electron chi connectivity index (χ3n) is 0.402. The van der Waals surface area contributed by atoms with Crippen molar-refractivity contribution in [3.05, 3.63) is 32.2 Å². The molecule has 0 bridgehead atoms. The molecule has 0 aromatic heterocycles. The number of primary amides is 2. The van der Waals surface area contributed by atoms with Crippen molar-refractivity contribution in [3.63, 3.8) is 0 Å². The minimum atomic E-state index is -0.481. The number of nitrogens with two attached hydrogens (primary N) is 2. The zero-order chi connectivity index (χ0) is 10.6. The zero-order valence-electron chi connectivity index (χ0n) is 7.58. The first kappa shape index (κ1) is 22.7. The van der Waals surface area contributed by atoms with Gasteiger partial charge in [-0.2, -0.15) is 6.92 Å². The molecule has 0 saturated heterocycles. The number of carbonyl (C=O) groups is 2. The van der Waals surface area contributed by atoms with Crippen LogP contribution in [-0.2, 0) is 26.4 Å². The van der Waals surface area contributed by atoms with Crippen LogP contribution < -0.4 is 11.5 Å². The van der Waals surface area contributed by atoms with Crippen molar-refractivity contribution in [2.24, 2.45) is 11.5 Å². The van der Waals surface area contributed by atoms with Crippen LogP contribution in [0.4, 0.5) is 0 Å². The third-order valence-corrected chi connectivity index (χ3v) is 0.402. The Hall–Kier alpha value is -1.07. The summed E-state index contributed by atoms with van der Waals surface area (Å²) in [5.74, 6) is -0.963. The third kappa shape index (κ3) is 102. The molecule has 0 atom stereocenters. The Kier molecular flexibility index (Phi) is 39.1. The van der Waals surface area contributed by atoms with E-state index >= 15 is 0 Å². The van der Waals surface area contributed by atoms with Gasteiger partial charge in [-0.05, 0) is 12.2 Å². The Bertz CT molecular complexity index is 140. The fourth-order valence-corrected chi connectivity index (χ4v) is 0. The summed E-state index contributed by atoms with van der Waals surface area (Å²) in [4.78, 5) is 18.9. The van der Waals surface area contributed by atoms with Gasteiger partial charge in [0.25, 0.3) is 0 Å². The summed E-state index contributed by atoms with van der Waals surface area (Å²) < 4.78 is 0. The van der Waals surface area contributed by atoms with Crippen LogP contribution in [0.1, 0.15) is 6.92 Å². The standard InChI is InChI=1S/2C3H5NO.C2H5.Co/c2*1-2-3(4)5;1-2;/h2*2H,1H2,(H2,4,5);1H2,2H3;/q;;-1;. The Morgan fingerprint density at radius 1 is 1.08 bits per heavy atom. The molecule has 79 valence electrons. The maximum absolute atomic E-state index is 9.47. The van der Waals surface area contributed by atoms with Gasteiger partial charge in [-0.15, -0.1) is 0 Å². The van der Waals surface area contributed by atoms with E-state index in [2.05, 4.69) is 31.5 Å². The molecule has 13 heavy (non-hydrogen) atoms. The summed E-state index contributed by atoms with van der Waals surface area (Å²) in [5, 5.41) is 0.